The molecular weight excluding hydrogens is 130 g/mol. The highest BCUT2D eigenvalue weighted by Crippen LogP contribution is 2.25. The van der Waals surface area contributed by atoms with E-state index in [1.807, 2.05) is 0 Å². The summed E-state index contributed by atoms with van der Waals surface area (Å²) in [5.74, 6) is 2.86. The molecular formula is C7H9NO2. The smallest absolute Gasteiger partial charge is 0.404 e. The summed E-state index contributed by atoms with van der Waals surface area (Å²) in [5, 5.41) is 10.6. The van der Waals surface area contributed by atoms with E-state index in [4.69, 9.17) is 11.5 Å². The number of terminal acetylenes is 1. The van der Waals surface area contributed by atoms with Gasteiger partial charge in [-0.3, -0.25) is 0 Å². The zero-order chi connectivity index (χ0) is 7.56. The second-order valence-electron chi connectivity index (χ2n) is 2.48. The minimum absolute atomic E-state index is 0.0959. The van der Waals surface area contributed by atoms with Crippen molar-refractivity contribution in [3.8, 4) is 12.3 Å². The highest BCUT2D eigenvalue weighted by molar-refractivity contribution is 5.65. The zero-order valence-corrected chi connectivity index (χ0v) is 5.50. The fourth-order valence-corrected chi connectivity index (χ4v) is 1.05. The van der Waals surface area contributed by atoms with Gasteiger partial charge in [0, 0.05) is 12.0 Å². The largest absolute Gasteiger partial charge is 0.465 e. The summed E-state index contributed by atoms with van der Waals surface area (Å²) in [5.41, 5.74) is 0. The molecule has 1 fully saturated rings. The Morgan fingerprint density at radius 2 is 2.30 bits per heavy atom. The number of carbonyl (C=O) groups is 1. The first kappa shape index (κ1) is 6.94. The first-order chi connectivity index (χ1) is 4.72. The number of rotatable bonds is 1. The molecule has 2 N–H and O–H groups in total. The third-order valence-electron chi connectivity index (χ3n) is 1.70. The lowest BCUT2D eigenvalue weighted by molar-refractivity contribution is 0.176. The normalized spacial score (nSPS) is 29.9. The molecule has 0 saturated heterocycles. The van der Waals surface area contributed by atoms with Crippen LogP contribution in [0.5, 0.6) is 0 Å². The van der Waals surface area contributed by atoms with Crippen molar-refractivity contribution in [3.05, 3.63) is 0 Å². The van der Waals surface area contributed by atoms with Crippen molar-refractivity contribution in [1.29, 1.82) is 0 Å². The molecule has 3 nitrogen and oxygen atoms in total. The molecule has 0 unspecified atom stereocenters. The first-order valence-corrected chi connectivity index (χ1v) is 3.18. The molecule has 0 aromatic carbocycles. The van der Waals surface area contributed by atoms with Crippen LogP contribution in [0.25, 0.3) is 0 Å². The van der Waals surface area contributed by atoms with Crippen LogP contribution in [0.3, 0.4) is 0 Å². The number of hydrogen-bond donors (Lipinski definition) is 2. The Balaban J connectivity index is 2.16. The molecule has 10 heavy (non-hydrogen) atoms. The lowest BCUT2D eigenvalue weighted by Gasteiger charge is -2.31. The zero-order valence-electron chi connectivity index (χ0n) is 5.50. The van der Waals surface area contributed by atoms with Crippen molar-refractivity contribution in [2.75, 3.05) is 0 Å². The molecule has 0 radical (unpaired) electrons. The fourth-order valence-electron chi connectivity index (χ4n) is 1.05. The standard InChI is InChI=1S/C7H9NO2/c1-2-5-3-6(4-5)8-7(9)10/h1,5-6,8H,3-4H2,(H,9,10). The first-order valence-electron chi connectivity index (χ1n) is 3.18. The number of nitrogens with one attached hydrogen (secondary N) is 1. The minimum atomic E-state index is -0.958. The van der Waals surface area contributed by atoms with Gasteiger partial charge in [-0.2, -0.15) is 0 Å². The number of amides is 1. The second kappa shape index (κ2) is 2.61. The summed E-state index contributed by atoms with van der Waals surface area (Å²) >= 11 is 0. The van der Waals surface area contributed by atoms with Crippen LogP contribution >= 0.6 is 0 Å². The van der Waals surface area contributed by atoms with Crippen molar-refractivity contribution >= 4 is 6.09 Å². The SMILES string of the molecule is C#CC1CC(NC(=O)O)C1. The van der Waals surface area contributed by atoms with Gasteiger partial charge < -0.3 is 10.4 Å². The van der Waals surface area contributed by atoms with Gasteiger partial charge in [-0.15, -0.1) is 12.3 Å². The maximum Gasteiger partial charge on any atom is 0.404 e. The van der Waals surface area contributed by atoms with Gasteiger partial charge in [0.15, 0.2) is 0 Å². The summed E-state index contributed by atoms with van der Waals surface area (Å²) in [6.07, 6.45) is 5.73. The van der Waals surface area contributed by atoms with Gasteiger partial charge in [-0.05, 0) is 12.8 Å². The Hall–Kier alpha value is -1.17. The molecule has 0 heterocycles. The van der Waals surface area contributed by atoms with Crippen LogP contribution in [0.2, 0.25) is 0 Å². The molecule has 1 aliphatic carbocycles. The Morgan fingerprint density at radius 3 is 2.70 bits per heavy atom. The van der Waals surface area contributed by atoms with E-state index in [0.29, 0.717) is 0 Å². The Bertz CT molecular complexity index is 177. The quantitative estimate of drug-likeness (QED) is 0.524. The summed E-state index contributed by atoms with van der Waals surface area (Å²) in [4.78, 5) is 10.0. The van der Waals surface area contributed by atoms with Gasteiger partial charge in [0.1, 0.15) is 0 Å². The molecule has 0 bridgehead atoms. The lowest BCUT2D eigenvalue weighted by Crippen LogP contribution is -2.43. The molecule has 0 spiro atoms. The molecule has 0 aromatic rings. The van der Waals surface area contributed by atoms with E-state index < -0.39 is 6.09 Å². The van der Waals surface area contributed by atoms with Crippen LogP contribution in [0.4, 0.5) is 4.79 Å². The molecule has 1 aliphatic rings. The summed E-state index contributed by atoms with van der Waals surface area (Å²) < 4.78 is 0. The molecule has 1 rings (SSSR count). The second-order valence-corrected chi connectivity index (χ2v) is 2.48. The van der Waals surface area contributed by atoms with Gasteiger partial charge in [-0.1, -0.05) is 0 Å². The highest BCUT2D eigenvalue weighted by atomic mass is 16.4. The van der Waals surface area contributed by atoms with Crippen molar-refractivity contribution in [3.63, 3.8) is 0 Å². The molecule has 3 heteroatoms. The maximum absolute atomic E-state index is 10.0. The predicted octanol–water partition coefficient (Wildman–Crippen LogP) is 0.666. The average molecular weight is 139 g/mol. The van der Waals surface area contributed by atoms with Gasteiger partial charge >= 0.3 is 6.09 Å². The summed E-state index contributed by atoms with van der Waals surface area (Å²) in [6.45, 7) is 0. The van der Waals surface area contributed by atoms with Gasteiger partial charge in [-0.25, -0.2) is 4.79 Å². The molecule has 0 aromatic heterocycles. The van der Waals surface area contributed by atoms with E-state index in [0.717, 1.165) is 12.8 Å². The maximum atomic E-state index is 10.0. The van der Waals surface area contributed by atoms with E-state index >= 15 is 0 Å². The highest BCUT2D eigenvalue weighted by Gasteiger charge is 2.28. The van der Waals surface area contributed by atoms with E-state index in [1.165, 1.54) is 0 Å². The third kappa shape index (κ3) is 1.41. The van der Waals surface area contributed by atoms with Crippen molar-refractivity contribution in [2.24, 2.45) is 5.92 Å². The van der Waals surface area contributed by atoms with Crippen LogP contribution < -0.4 is 5.32 Å². The van der Waals surface area contributed by atoms with Crippen molar-refractivity contribution in [1.82, 2.24) is 5.32 Å². The van der Waals surface area contributed by atoms with Crippen LogP contribution in [-0.4, -0.2) is 17.2 Å². The predicted molar refractivity (Wildman–Crippen MR) is 36.5 cm³/mol. The molecule has 0 atom stereocenters. The molecule has 1 saturated carbocycles. The van der Waals surface area contributed by atoms with Gasteiger partial charge in [0.2, 0.25) is 0 Å². The van der Waals surface area contributed by atoms with E-state index in [9.17, 15) is 4.79 Å². The van der Waals surface area contributed by atoms with Crippen LogP contribution in [0.1, 0.15) is 12.8 Å². The van der Waals surface area contributed by atoms with Crippen LogP contribution in [0, 0.1) is 18.3 Å². The molecule has 54 valence electrons. The van der Waals surface area contributed by atoms with E-state index in [1.54, 1.807) is 0 Å². The van der Waals surface area contributed by atoms with Crippen molar-refractivity contribution < 1.29 is 9.90 Å². The lowest BCUT2D eigenvalue weighted by atomic mass is 9.81. The summed E-state index contributed by atoms with van der Waals surface area (Å²) in [6, 6.07) is 0.0959. The van der Waals surface area contributed by atoms with Crippen molar-refractivity contribution in [2.45, 2.75) is 18.9 Å². The topological polar surface area (TPSA) is 49.3 Å². The number of hydrogen-bond acceptors (Lipinski definition) is 1. The van der Waals surface area contributed by atoms with Gasteiger partial charge in [0.05, 0.1) is 0 Å². The van der Waals surface area contributed by atoms with E-state index in [2.05, 4.69) is 11.2 Å². The Morgan fingerprint density at radius 1 is 1.70 bits per heavy atom. The number of carboxylic acid groups (broad SMARTS) is 1. The third-order valence-corrected chi connectivity index (χ3v) is 1.70. The summed E-state index contributed by atoms with van der Waals surface area (Å²) in [7, 11) is 0. The average Bonchev–Trinajstić information content (AvgIpc) is 1.76. The Kier molecular flexibility index (Phi) is 1.81. The monoisotopic (exact) mass is 139 g/mol. The molecule has 1 amide bonds. The molecule has 0 aliphatic heterocycles. The fraction of sp³-hybridized carbons (Fsp3) is 0.571. The van der Waals surface area contributed by atoms with Crippen LogP contribution in [-0.2, 0) is 0 Å². The van der Waals surface area contributed by atoms with Crippen LogP contribution in [0.15, 0.2) is 0 Å². The van der Waals surface area contributed by atoms with E-state index in [-0.39, 0.29) is 12.0 Å². The Labute approximate surface area is 59.4 Å². The minimum Gasteiger partial charge on any atom is -0.465 e. The van der Waals surface area contributed by atoms with Gasteiger partial charge in [0.25, 0.3) is 0 Å².